The van der Waals surface area contributed by atoms with Gasteiger partial charge in [0.15, 0.2) is 6.10 Å². The zero-order valence-electron chi connectivity index (χ0n) is 13.9. The van der Waals surface area contributed by atoms with Crippen molar-refractivity contribution in [3.05, 3.63) is 34.9 Å². The molecule has 0 spiro atoms. The molecule has 0 amide bonds. The molecule has 2 saturated carbocycles. The molecule has 0 radical (unpaired) electrons. The molecule has 2 bridgehead atoms. The summed E-state index contributed by atoms with van der Waals surface area (Å²) in [5, 5.41) is 0.517. The van der Waals surface area contributed by atoms with E-state index >= 15 is 0 Å². The van der Waals surface area contributed by atoms with E-state index in [0.717, 1.165) is 6.42 Å². The largest absolute Gasteiger partial charge is 0.462 e. The normalized spacial score (nSPS) is 32.4. The highest BCUT2D eigenvalue weighted by molar-refractivity contribution is 6.30. The van der Waals surface area contributed by atoms with Gasteiger partial charge in [-0.15, -0.1) is 11.6 Å². The van der Waals surface area contributed by atoms with Crippen molar-refractivity contribution in [1.29, 1.82) is 0 Å². The van der Waals surface area contributed by atoms with Gasteiger partial charge in [-0.25, -0.2) is 0 Å². The number of alkyl halides is 1. The van der Waals surface area contributed by atoms with Gasteiger partial charge >= 0.3 is 11.9 Å². The van der Waals surface area contributed by atoms with Gasteiger partial charge in [0.2, 0.25) is 5.78 Å². The molecule has 0 unspecified atom stereocenters. The highest BCUT2D eigenvalue weighted by Gasteiger charge is 2.64. The molecule has 3 fully saturated rings. The lowest BCUT2D eigenvalue weighted by molar-refractivity contribution is -0.158. The minimum absolute atomic E-state index is 0.0455. The summed E-state index contributed by atoms with van der Waals surface area (Å²) in [4.78, 5) is 37.6. The average Bonchev–Trinajstić information content (AvgIpc) is 3.23. The van der Waals surface area contributed by atoms with Gasteiger partial charge in [-0.1, -0.05) is 11.6 Å². The number of esters is 2. The molecule has 26 heavy (non-hydrogen) atoms. The number of fused-ring (bicyclic) bond motifs is 1. The minimum atomic E-state index is -0.964. The van der Waals surface area contributed by atoms with Crippen LogP contribution < -0.4 is 0 Å². The van der Waals surface area contributed by atoms with Gasteiger partial charge in [0.1, 0.15) is 6.10 Å². The van der Waals surface area contributed by atoms with Crippen LogP contribution in [0, 0.1) is 23.7 Å². The third-order valence-electron chi connectivity index (χ3n) is 5.81. The molecule has 0 N–H and O–H groups in total. The predicted octanol–water partition coefficient (Wildman–Crippen LogP) is 3.26. The Balaban J connectivity index is 1.50. The van der Waals surface area contributed by atoms with Crippen LogP contribution in [0.4, 0.5) is 0 Å². The third kappa shape index (κ3) is 2.91. The fraction of sp³-hybridized carbons (Fsp3) is 0.526. The van der Waals surface area contributed by atoms with Crippen molar-refractivity contribution in [2.75, 3.05) is 5.88 Å². The fourth-order valence-corrected chi connectivity index (χ4v) is 5.01. The van der Waals surface area contributed by atoms with E-state index < -0.39 is 23.9 Å². The fourth-order valence-electron chi connectivity index (χ4n) is 4.69. The topological polar surface area (TPSA) is 69.7 Å². The molecule has 6 atom stereocenters. The second-order valence-corrected chi connectivity index (χ2v) is 8.01. The molecule has 7 heteroatoms. The number of Topliss-reactive ketones (excluding diaryl/α,β-unsaturated/α-hetero) is 1. The predicted molar refractivity (Wildman–Crippen MR) is 94.1 cm³/mol. The van der Waals surface area contributed by atoms with Gasteiger partial charge in [0, 0.05) is 28.8 Å². The Hall–Kier alpha value is -1.59. The van der Waals surface area contributed by atoms with Crippen molar-refractivity contribution in [3.8, 4) is 0 Å². The monoisotopic (exact) mass is 396 g/mol. The summed E-state index contributed by atoms with van der Waals surface area (Å²) in [5.41, 5.74) is 0.408. The van der Waals surface area contributed by atoms with E-state index in [1.54, 1.807) is 24.3 Å². The number of ether oxygens (including phenoxy) is 2. The highest BCUT2D eigenvalue weighted by atomic mass is 35.5. The summed E-state index contributed by atoms with van der Waals surface area (Å²) < 4.78 is 10.9. The van der Waals surface area contributed by atoms with Crippen molar-refractivity contribution in [3.63, 3.8) is 0 Å². The maximum absolute atomic E-state index is 12.8. The summed E-state index contributed by atoms with van der Waals surface area (Å²) in [7, 11) is 0. The third-order valence-corrected chi connectivity index (χ3v) is 6.28. The number of rotatable bonds is 6. The first-order valence-electron chi connectivity index (χ1n) is 8.76. The Labute approximate surface area is 160 Å². The average molecular weight is 397 g/mol. The minimum Gasteiger partial charge on any atom is -0.462 e. The van der Waals surface area contributed by atoms with Crippen LogP contribution in [0.1, 0.15) is 29.6 Å². The van der Waals surface area contributed by atoms with Crippen molar-refractivity contribution in [1.82, 2.24) is 0 Å². The van der Waals surface area contributed by atoms with E-state index in [9.17, 15) is 14.4 Å². The van der Waals surface area contributed by atoms with Crippen LogP contribution in [0.2, 0.25) is 5.02 Å². The molecule has 1 aliphatic heterocycles. The van der Waals surface area contributed by atoms with Crippen LogP contribution in [-0.2, 0) is 19.1 Å². The molecule has 1 saturated heterocycles. The SMILES string of the molecule is O=C(O[C@@H](CCCl)C(=O)c1ccc(Cl)cc1)[C@@H]1[C@@H]2C[C@@H]3[C@H]1C(=O)O[C@@H]3C2. The van der Waals surface area contributed by atoms with E-state index in [1.165, 1.54) is 0 Å². The van der Waals surface area contributed by atoms with Gasteiger partial charge in [-0.2, -0.15) is 0 Å². The molecule has 1 heterocycles. The Morgan fingerprint density at radius 3 is 2.65 bits per heavy atom. The van der Waals surface area contributed by atoms with Crippen LogP contribution in [0.25, 0.3) is 0 Å². The molecule has 1 aromatic carbocycles. The Morgan fingerprint density at radius 1 is 1.23 bits per heavy atom. The Kier molecular flexibility index (Phi) is 4.70. The lowest BCUT2D eigenvalue weighted by Gasteiger charge is -2.25. The maximum atomic E-state index is 12.8. The molecule has 5 nitrogen and oxygen atoms in total. The van der Waals surface area contributed by atoms with Gasteiger partial charge in [-0.3, -0.25) is 14.4 Å². The standard InChI is InChI=1S/C19H18Cl2O5/c20-6-5-13(17(22)9-1-3-11(21)4-2-9)25-18(23)15-10-7-12-14(8-10)26-19(24)16(12)15/h1-4,10,12-16H,5-8H2/t10-,12+,13+,14-,15-,16-/m1/s1. The second-order valence-electron chi connectivity index (χ2n) is 7.20. The van der Waals surface area contributed by atoms with Gasteiger partial charge in [-0.05, 0) is 43.0 Å². The molecule has 0 aromatic heterocycles. The summed E-state index contributed by atoms with van der Waals surface area (Å²) >= 11 is 11.7. The van der Waals surface area contributed by atoms with Crippen LogP contribution in [0.3, 0.4) is 0 Å². The number of halogens is 2. The molecule has 138 valence electrons. The van der Waals surface area contributed by atoms with Crippen molar-refractivity contribution in [2.24, 2.45) is 23.7 Å². The van der Waals surface area contributed by atoms with E-state index in [0.29, 0.717) is 17.0 Å². The van der Waals surface area contributed by atoms with Crippen LogP contribution in [0.15, 0.2) is 24.3 Å². The zero-order valence-corrected chi connectivity index (χ0v) is 15.4. The quantitative estimate of drug-likeness (QED) is 0.419. The first kappa shape index (κ1) is 17.8. The van der Waals surface area contributed by atoms with Crippen LogP contribution in [0.5, 0.6) is 0 Å². The first-order chi connectivity index (χ1) is 12.5. The lowest BCUT2D eigenvalue weighted by atomic mass is 9.80. The van der Waals surface area contributed by atoms with E-state index in [-0.39, 0.29) is 42.0 Å². The molecular weight excluding hydrogens is 379 g/mol. The highest BCUT2D eigenvalue weighted by Crippen LogP contribution is 2.58. The molecule has 4 rings (SSSR count). The summed E-state index contributed by atoms with van der Waals surface area (Å²) in [5.74, 6) is -1.65. The Bertz CT molecular complexity index is 745. The van der Waals surface area contributed by atoms with Crippen LogP contribution >= 0.6 is 23.2 Å². The molecular formula is C19H18Cl2O5. The number of carbonyl (C=O) groups excluding carboxylic acids is 3. The van der Waals surface area contributed by atoms with Gasteiger partial charge < -0.3 is 9.47 Å². The second kappa shape index (κ2) is 6.86. The van der Waals surface area contributed by atoms with E-state index in [4.69, 9.17) is 32.7 Å². The van der Waals surface area contributed by atoms with E-state index in [1.807, 2.05) is 0 Å². The maximum Gasteiger partial charge on any atom is 0.310 e. The van der Waals surface area contributed by atoms with Crippen molar-refractivity contribution < 1.29 is 23.9 Å². The van der Waals surface area contributed by atoms with Crippen molar-refractivity contribution >= 4 is 40.9 Å². The van der Waals surface area contributed by atoms with E-state index in [2.05, 4.69) is 0 Å². The van der Waals surface area contributed by atoms with Crippen molar-refractivity contribution in [2.45, 2.75) is 31.5 Å². The molecule has 3 aliphatic rings. The smallest absolute Gasteiger partial charge is 0.310 e. The first-order valence-corrected chi connectivity index (χ1v) is 9.67. The van der Waals surface area contributed by atoms with Crippen LogP contribution in [-0.4, -0.2) is 35.8 Å². The van der Waals surface area contributed by atoms with Gasteiger partial charge in [0.25, 0.3) is 0 Å². The summed E-state index contributed by atoms with van der Waals surface area (Å²) in [6.45, 7) is 0. The molecule has 1 aromatic rings. The lowest BCUT2D eigenvalue weighted by Crippen LogP contribution is -2.37. The molecule has 2 aliphatic carbocycles. The number of ketones is 1. The zero-order chi connectivity index (χ0) is 18.4. The summed E-state index contributed by atoms with van der Waals surface area (Å²) in [6.07, 6.45) is 0.724. The summed E-state index contributed by atoms with van der Waals surface area (Å²) in [6, 6.07) is 6.41. The Morgan fingerprint density at radius 2 is 1.96 bits per heavy atom. The number of benzene rings is 1. The number of hydrogen-bond acceptors (Lipinski definition) is 5. The van der Waals surface area contributed by atoms with Gasteiger partial charge in [0.05, 0.1) is 11.8 Å². The number of hydrogen-bond donors (Lipinski definition) is 0. The number of carbonyl (C=O) groups is 3.